The third kappa shape index (κ3) is 4.49. The van der Waals surface area contributed by atoms with Gasteiger partial charge in [-0.1, -0.05) is 34.5 Å². The third-order valence-corrected chi connectivity index (χ3v) is 6.32. The Balaban J connectivity index is 1.30. The first-order valence-electron chi connectivity index (χ1n) is 9.58. The standard InChI is InChI=1S/C23H13Cl2N3O4S/c24-14-5-3-12(10-15(14)25)17-7-8-19(32-17)22(30)26-13-4-6-16-20(11-13)33-23(27-16)28-21(29)18-2-1-9-31-18/h1-11H,(H,26,30)(H,27,28,29). The summed E-state index contributed by atoms with van der Waals surface area (Å²) in [6, 6.07) is 16.8. The van der Waals surface area contributed by atoms with Crippen molar-refractivity contribution in [2.45, 2.75) is 0 Å². The number of halogens is 2. The second-order valence-electron chi connectivity index (χ2n) is 6.88. The fraction of sp³-hybridized carbons (Fsp3) is 0. The molecule has 3 heterocycles. The molecule has 0 radical (unpaired) electrons. The number of anilines is 2. The molecule has 5 rings (SSSR count). The summed E-state index contributed by atoms with van der Waals surface area (Å²) in [5.74, 6) is 0.0426. The van der Waals surface area contributed by atoms with Gasteiger partial charge in [0.25, 0.3) is 11.8 Å². The Morgan fingerprint density at radius 3 is 2.52 bits per heavy atom. The highest BCUT2D eigenvalue weighted by Gasteiger charge is 2.15. The second kappa shape index (κ2) is 8.74. The van der Waals surface area contributed by atoms with Gasteiger partial charge < -0.3 is 14.2 Å². The van der Waals surface area contributed by atoms with Gasteiger partial charge in [-0.3, -0.25) is 14.9 Å². The lowest BCUT2D eigenvalue weighted by atomic mass is 10.2. The topological polar surface area (TPSA) is 97.4 Å². The number of nitrogens with zero attached hydrogens (tertiary/aromatic N) is 1. The van der Waals surface area contributed by atoms with Crippen LogP contribution in [0, 0.1) is 0 Å². The third-order valence-electron chi connectivity index (χ3n) is 4.65. The van der Waals surface area contributed by atoms with Gasteiger partial charge in [-0.2, -0.15) is 0 Å². The number of aromatic nitrogens is 1. The fourth-order valence-corrected chi connectivity index (χ4v) is 4.28. The summed E-state index contributed by atoms with van der Waals surface area (Å²) in [5.41, 5.74) is 1.96. The maximum absolute atomic E-state index is 12.7. The lowest BCUT2D eigenvalue weighted by molar-refractivity contribution is 0.0989. The van der Waals surface area contributed by atoms with Crippen molar-refractivity contribution < 1.29 is 18.4 Å². The molecule has 10 heteroatoms. The molecule has 0 spiro atoms. The van der Waals surface area contributed by atoms with E-state index >= 15 is 0 Å². The monoisotopic (exact) mass is 497 g/mol. The smallest absolute Gasteiger partial charge is 0.293 e. The molecule has 0 atom stereocenters. The predicted molar refractivity (Wildman–Crippen MR) is 128 cm³/mol. The summed E-state index contributed by atoms with van der Waals surface area (Å²) in [6.07, 6.45) is 1.43. The van der Waals surface area contributed by atoms with E-state index in [-0.39, 0.29) is 17.4 Å². The Labute approximate surface area is 200 Å². The summed E-state index contributed by atoms with van der Waals surface area (Å²) in [4.78, 5) is 29.2. The number of furan rings is 2. The Hall–Kier alpha value is -3.59. The molecule has 7 nitrogen and oxygen atoms in total. The van der Waals surface area contributed by atoms with Gasteiger partial charge in [0.2, 0.25) is 0 Å². The maximum Gasteiger partial charge on any atom is 0.293 e. The highest BCUT2D eigenvalue weighted by atomic mass is 35.5. The Morgan fingerprint density at radius 2 is 1.73 bits per heavy atom. The van der Waals surface area contributed by atoms with Crippen LogP contribution >= 0.6 is 34.5 Å². The van der Waals surface area contributed by atoms with Gasteiger partial charge in [0.1, 0.15) is 5.76 Å². The van der Waals surface area contributed by atoms with Crippen LogP contribution in [0.1, 0.15) is 21.1 Å². The molecule has 0 aliphatic rings. The summed E-state index contributed by atoms with van der Waals surface area (Å²) in [7, 11) is 0. The molecule has 0 aliphatic heterocycles. The minimum atomic E-state index is -0.406. The molecule has 0 saturated carbocycles. The van der Waals surface area contributed by atoms with Gasteiger partial charge >= 0.3 is 0 Å². The average molecular weight is 498 g/mol. The minimum Gasteiger partial charge on any atom is -0.459 e. The van der Waals surface area contributed by atoms with Crippen molar-refractivity contribution in [3.63, 3.8) is 0 Å². The van der Waals surface area contributed by atoms with Crippen molar-refractivity contribution in [2.24, 2.45) is 0 Å². The van der Waals surface area contributed by atoms with E-state index < -0.39 is 5.91 Å². The van der Waals surface area contributed by atoms with Gasteiger partial charge in [0, 0.05) is 11.3 Å². The first-order valence-corrected chi connectivity index (χ1v) is 11.2. The van der Waals surface area contributed by atoms with Crippen molar-refractivity contribution in [3.05, 3.63) is 88.5 Å². The van der Waals surface area contributed by atoms with Crippen LogP contribution in [0.2, 0.25) is 10.0 Å². The fourth-order valence-electron chi connectivity index (χ4n) is 3.08. The lowest BCUT2D eigenvalue weighted by Crippen LogP contribution is -2.10. The molecule has 3 aromatic heterocycles. The highest BCUT2D eigenvalue weighted by Crippen LogP contribution is 2.31. The molecule has 2 amide bonds. The summed E-state index contributed by atoms with van der Waals surface area (Å²) in [5, 5.41) is 6.76. The molecule has 33 heavy (non-hydrogen) atoms. The summed E-state index contributed by atoms with van der Waals surface area (Å²) < 4.78 is 11.6. The van der Waals surface area contributed by atoms with Crippen LogP contribution in [-0.2, 0) is 0 Å². The van der Waals surface area contributed by atoms with Gasteiger partial charge in [0.05, 0.1) is 26.5 Å². The molecule has 2 N–H and O–H groups in total. The van der Waals surface area contributed by atoms with E-state index in [9.17, 15) is 9.59 Å². The number of nitrogens with one attached hydrogen (secondary N) is 2. The summed E-state index contributed by atoms with van der Waals surface area (Å²) in [6.45, 7) is 0. The Bertz CT molecular complexity index is 1490. The zero-order chi connectivity index (χ0) is 22.9. The average Bonchev–Trinajstić information content (AvgIpc) is 3.55. The Morgan fingerprint density at radius 1 is 0.879 bits per heavy atom. The maximum atomic E-state index is 12.7. The number of hydrogen-bond donors (Lipinski definition) is 2. The van der Waals surface area contributed by atoms with E-state index in [1.54, 1.807) is 60.7 Å². The van der Waals surface area contributed by atoms with Crippen LogP contribution < -0.4 is 10.6 Å². The number of thiazole rings is 1. The van der Waals surface area contributed by atoms with E-state index in [1.807, 2.05) is 0 Å². The number of carbonyl (C=O) groups is 2. The van der Waals surface area contributed by atoms with Crippen molar-refractivity contribution in [1.82, 2.24) is 4.98 Å². The quantitative estimate of drug-likeness (QED) is 0.273. The van der Waals surface area contributed by atoms with Crippen molar-refractivity contribution in [2.75, 3.05) is 10.6 Å². The lowest BCUT2D eigenvalue weighted by Gasteiger charge is -2.03. The molecular weight excluding hydrogens is 485 g/mol. The zero-order valence-corrected chi connectivity index (χ0v) is 18.9. The molecule has 164 valence electrons. The first-order chi connectivity index (χ1) is 16.0. The van der Waals surface area contributed by atoms with E-state index in [4.69, 9.17) is 32.0 Å². The molecule has 0 aliphatic carbocycles. The molecule has 5 aromatic rings. The number of fused-ring (bicyclic) bond motifs is 1. The molecule has 0 unspecified atom stereocenters. The SMILES string of the molecule is O=C(Nc1nc2ccc(NC(=O)c3ccc(-c4ccc(Cl)c(Cl)c4)o3)cc2s1)c1ccco1. The molecule has 0 bridgehead atoms. The van der Waals surface area contributed by atoms with Gasteiger partial charge in [-0.25, -0.2) is 4.98 Å². The van der Waals surface area contributed by atoms with Crippen LogP contribution in [0.25, 0.3) is 21.5 Å². The molecule has 2 aromatic carbocycles. The van der Waals surface area contributed by atoms with Crippen LogP contribution in [-0.4, -0.2) is 16.8 Å². The number of benzene rings is 2. The van der Waals surface area contributed by atoms with E-state index in [0.717, 1.165) is 4.70 Å². The Kier molecular flexibility index (Phi) is 5.63. The molecule has 0 fully saturated rings. The summed E-state index contributed by atoms with van der Waals surface area (Å²) >= 11 is 13.3. The number of rotatable bonds is 5. The van der Waals surface area contributed by atoms with Crippen LogP contribution in [0.15, 0.2) is 75.8 Å². The minimum absolute atomic E-state index is 0.145. The predicted octanol–water partition coefficient (Wildman–Crippen LogP) is 6.96. The van der Waals surface area contributed by atoms with Crippen molar-refractivity contribution >= 4 is 67.4 Å². The van der Waals surface area contributed by atoms with Gasteiger partial charge in [-0.15, -0.1) is 0 Å². The zero-order valence-electron chi connectivity index (χ0n) is 16.6. The van der Waals surface area contributed by atoms with Crippen LogP contribution in [0.5, 0.6) is 0 Å². The number of carbonyl (C=O) groups excluding carboxylic acids is 2. The van der Waals surface area contributed by atoms with Crippen LogP contribution in [0.3, 0.4) is 0 Å². The van der Waals surface area contributed by atoms with Crippen LogP contribution in [0.4, 0.5) is 10.8 Å². The molecule has 0 saturated heterocycles. The van der Waals surface area contributed by atoms with E-state index in [1.165, 1.54) is 17.6 Å². The second-order valence-corrected chi connectivity index (χ2v) is 8.72. The number of hydrogen-bond acceptors (Lipinski definition) is 6. The van der Waals surface area contributed by atoms with Crippen molar-refractivity contribution in [3.8, 4) is 11.3 Å². The van der Waals surface area contributed by atoms with E-state index in [2.05, 4.69) is 15.6 Å². The van der Waals surface area contributed by atoms with Crippen molar-refractivity contribution in [1.29, 1.82) is 0 Å². The first kappa shape index (κ1) is 21.3. The molecular formula is C23H13Cl2N3O4S. The largest absolute Gasteiger partial charge is 0.459 e. The van der Waals surface area contributed by atoms with Gasteiger partial charge in [-0.05, 0) is 60.7 Å². The highest BCUT2D eigenvalue weighted by molar-refractivity contribution is 7.22. The number of amides is 2. The van der Waals surface area contributed by atoms with Gasteiger partial charge in [0.15, 0.2) is 16.7 Å². The normalized spacial score (nSPS) is 11.0. The van der Waals surface area contributed by atoms with E-state index in [0.29, 0.717) is 37.7 Å².